The van der Waals surface area contributed by atoms with E-state index in [9.17, 15) is 4.79 Å². The van der Waals surface area contributed by atoms with E-state index < -0.39 is 5.60 Å². The number of amides is 1. The van der Waals surface area contributed by atoms with E-state index in [1.54, 1.807) is 0 Å². The third-order valence-electron chi connectivity index (χ3n) is 4.06. The molecule has 0 radical (unpaired) electrons. The Morgan fingerprint density at radius 1 is 1.30 bits per heavy atom. The molecular formula is C19H30N2O2. The molecule has 1 heterocycles. The predicted molar refractivity (Wildman–Crippen MR) is 93.4 cm³/mol. The van der Waals surface area contributed by atoms with Gasteiger partial charge in [-0.2, -0.15) is 0 Å². The molecule has 0 bridgehead atoms. The fourth-order valence-corrected chi connectivity index (χ4v) is 2.96. The standard InChI is InChI=1S/C19H30N2O2/c1-15-7-9-16(10-8-15)13-21-11-5-6-17(14-21)12-20-18(22)23-19(2,3)4/h7-10,17H,5-6,11-14H2,1-4H3,(H,20,22). The number of likely N-dealkylation sites (tertiary alicyclic amines) is 1. The zero-order chi connectivity index (χ0) is 16.9. The summed E-state index contributed by atoms with van der Waals surface area (Å²) in [6.45, 7) is 11.6. The minimum absolute atomic E-state index is 0.312. The van der Waals surface area contributed by atoms with Crippen LogP contribution in [0, 0.1) is 12.8 Å². The van der Waals surface area contributed by atoms with Gasteiger partial charge in [0.1, 0.15) is 5.60 Å². The van der Waals surface area contributed by atoms with E-state index in [4.69, 9.17) is 4.74 Å². The van der Waals surface area contributed by atoms with Gasteiger partial charge in [-0.05, 0) is 58.6 Å². The van der Waals surface area contributed by atoms with Crippen LogP contribution in [0.2, 0.25) is 0 Å². The summed E-state index contributed by atoms with van der Waals surface area (Å²) in [5.41, 5.74) is 2.22. The van der Waals surface area contributed by atoms with Crippen LogP contribution in [0.4, 0.5) is 4.79 Å². The number of alkyl carbamates (subject to hydrolysis) is 1. The number of aryl methyl sites for hydroxylation is 1. The van der Waals surface area contributed by atoms with Gasteiger partial charge >= 0.3 is 6.09 Å². The first-order chi connectivity index (χ1) is 10.8. The molecular weight excluding hydrogens is 288 g/mol. The molecule has 4 nitrogen and oxygen atoms in total. The van der Waals surface area contributed by atoms with Gasteiger partial charge in [-0.3, -0.25) is 4.90 Å². The van der Waals surface area contributed by atoms with Crippen molar-refractivity contribution in [2.24, 2.45) is 5.92 Å². The Labute approximate surface area is 140 Å². The van der Waals surface area contributed by atoms with Crippen LogP contribution in [0.25, 0.3) is 0 Å². The van der Waals surface area contributed by atoms with Crippen molar-refractivity contribution < 1.29 is 9.53 Å². The maximum absolute atomic E-state index is 11.8. The number of carbonyl (C=O) groups excluding carboxylic acids is 1. The number of piperidine rings is 1. The molecule has 2 rings (SSSR count). The Morgan fingerprint density at radius 3 is 2.65 bits per heavy atom. The number of benzene rings is 1. The maximum Gasteiger partial charge on any atom is 0.407 e. The normalized spacial score (nSPS) is 19.4. The highest BCUT2D eigenvalue weighted by Gasteiger charge is 2.22. The molecule has 0 saturated carbocycles. The lowest BCUT2D eigenvalue weighted by Crippen LogP contribution is -2.41. The van der Waals surface area contributed by atoms with Crippen molar-refractivity contribution >= 4 is 6.09 Å². The van der Waals surface area contributed by atoms with Crippen LogP contribution < -0.4 is 5.32 Å². The quantitative estimate of drug-likeness (QED) is 0.919. The predicted octanol–water partition coefficient (Wildman–Crippen LogP) is 3.73. The molecule has 1 unspecified atom stereocenters. The molecule has 1 aromatic rings. The molecule has 1 amide bonds. The first-order valence-electron chi connectivity index (χ1n) is 8.56. The number of carbonyl (C=O) groups is 1. The van der Waals surface area contributed by atoms with Crippen LogP contribution in [-0.2, 0) is 11.3 Å². The first kappa shape index (κ1) is 17.8. The minimum atomic E-state index is -0.436. The Balaban J connectivity index is 1.77. The molecule has 4 heteroatoms. The van der Waals surface area contributed by atoms with Gasteiger partial charge < -0.3 is 10.1 Å². The van der Waals surface area contributed by atoms with Gasteiger partial charge in [-0.1, -0.05) is 29.8 Å². The van der Waals surface area contributed by atoms with Gasteiger partial charge in [0.05, 0.1) is 0 Å². The Kier molecular flexibility index (Phi) is 6.05. The fourth-order valence-electron chi connectivity index (χ4n) is 2.96. The van der Waals surface area contributed by atoms with Gasteiger partial charge in [-0.15, -0.1) is 0 Å². The summed E-state index contributed by atoms with van der Waals surface area (Å²) in [4.78, 5) is 14.2. The SMILES string of the molecule is Cc1ccc(CN2CCCC(CNC(=O)OC(C)(C)C)C2)cc1. The fraction of sp³-hybridized carbons (Fsp3) is 0.632. The summed E-state index contributed by atoms with van der Waals surface area (Å²) >= 11 is 0. The second-order valence-electron chi connectivity index (χ2n) is 7.61. The highest BCUT2D eigenvalue weighted by atomic mass is 16.6. The maximum atomic E-state index is 11.8. The van der Waals surface area contributed by atoms with E-state index in [1.165, 1.54) is 24.0 Å². The second-order valence-corrected chi connectivity index (χ2v) is 7.61. The van der Waals surface area contributed by atoms with Crippen LogP contribution in [0.3, 0.4) is 0 Å². The number of nitrogens with one attached hydrogen (secondary N) is 1. The van der Waals surface area contributed by atoms with Crippen molar-refractivity contribution in [1.82, 2.24) is 10.2 Å². The summed E-state index contributed by atoms with van der Waals surface area (Å²) in [5, 5.41) is 2.91. The zero-order valence-corrected chi connectivity index (χ0v) is 14.9. The molecule has 1 aliphatic heterocycles. The molecule has 23 heavy (non-hydrogen) atoms. The van der Waals surface area contributed by atoms with Crippen molar-refractivity contribution in [2.45, 2.75) is 52.7 Å². The monoisotopic (exact) mass is 318 g/mol. The summed E-state index contributed by atoms with van der Waals surface area (Å²) in [6.07, 6.45) is 2.04. The van der Waals surface area contributed by atoms with E-state index in [-0.39, 0.29) is 6.09 Å². The largest absolute Gasteiger partial charge is 0.444 e. The van der Waals surface area contributed by atoms with Crippen molar-refractivity contribution in [1.29, 1.82) is 0 Å². The second kappa shape index (κ2) is 7.82. The van der Waals surface area contributed by atoms with Gasteiger partial charge in [0.15, 0.2) is 0 Å². The molecule has 0 aromatic heterocycles. The Hall–Kier alpha value is -1.55. The minimum Gasteiger partial charge on any atom is -0.444 e. The third-order valence-corrected chi connectivity index (χ3v) is 4.06. The molecule has 1 aromatic carbocycles. The Bertz CT molecular complexity index is 505. The lowest BCUT2D eigenvalue weighted by molar-refractivity contribution is 0.0506. The molecule has 1 saturated heterocycles. The number of hydrogen-bond acceptors (Lipinski definition) is 3. The van der Waals surface area contributed by atoms with Gasteiger partial charge in [0.25, 0.3) is 0 Å². The van der Waals surface area contributed by atoms with Crippen molar-refractivity contribution in [2.75, 3.05) is 19.6 Å². The Morgan fingerprint density at radius 2 is 2.00 bits per heavy atom. The van der Waals surface area contributed by atoms with Crippen LogP contribution in [0.1, 0.15) is 44.7 Å². The molecule has 1 atom stereocenters. The van der Waals surface area contributed by atoms with Gasteiger partial charge in [-0.25, -0.2) is 4.79 Å². The highest BCUT2D eigenvalue weighted by molar-refractivity contribution is 5.67. The lowest BCUT2D eigenvalue weighted by Gasteiger charge is -2.33. The number of ether oxygens (including phenoxy) is 1. The van der Waals surface area contributed by atoms with Crippen LogP contribution >= 0.6 is 0 Å². The van der Waals surface area contributed by atoms with E-state index in [2.05, 4.69) is 41.4 Å². The topological polar surface area (TPSA) is 41.6 Å². The zero-order valence-electron chi connectivity index (χ0n) is 14.9. The molecule has 128 valence electrons. The van der Waals surface area contributed by atoms with E-state index in [0.29, 0.717) is 12.5 Å². The van der Waals surface area contributed by atoms with Gasteiger partial charge in [0.2, 0.25) is 0 Å². The molecule has 1 fully saturated rings. The van der Waals surface area contributed by atoms with E-state index in [0.717, 1.165) is 19.6 Å². The van der Waals surface area contributed by atoms with Crippen molar-refractivity contribution in [3.8, 4) is 0 Å². The summed E-state index contributed by atoms with van der Waals surface area (Å²) < 4.78 is 5.30. The third kappa shape index (κ3) is 6.61. The molecule has 1 aliphatic rings. The number of hydrogen-bond donors (Lipinski definition) is 1. The molecule has 0 spiro atoms. The average Bonchev–Trinajstić information content (AvgIpc) is 2.46. The molecule has 1 N–H and O–H groups in total. The van der Waals surface area contributed by atoms with Crippen molar-refractivity contribution in [3.05, 3.63) is 35.4 Å². The summed E-state index contributed by atoms with van der Waals surface area (Å²) in [5.74, 6) is 0.502. The summed E-state index contributed by atoms with van der Waals surface area (Å²) in [7, 11) is 0. The first-order valence-corrected chi connectivity index (χ1v) is 8.56. The van der Waals surface area contributed by atoms with Crippen LogP contribution in [0.15, 0.2) is 24.3 Å². The number of nitrogens with zero attached hydrogens (tertiary/aromatic N) is 1. The van der Waals surface area contributed by atoms with E-state index in [1.807, 2.05) is 20.8 Å². The lowest BCUT2D eigenvalue weighted by atomic mass is 9.97. The van der Waals surface area contributed by atoms with E-state index >= 15 is 0 Å². The average molecular weight is 318 g/mol. The highest BCUT2D eigenvalue weighted by Crippen LogP contribution is 2.18. The number of rotatable bonds is 4. The van der Waals surface area contributed by atoms with Crippen LogP contribution in [-0.4, -0.2) is 36.2 Å². The van der Waals surface area contributed by atoms with Crippen molar-refractivity contribution in [3.63, 3.8) is 0 Å². The summed E-state index contributed by atoms with van der Waals surface area (Å²) in [6, 6.07) is 8.75. The van der Waals surface area contributed by atoms with Gasteiger partial charge in [0, 0.05) is 19.6 Å². The van der Waals surface area contributed by atoms with Crippen LogP contribution in [0.5, 0.6) is 0 Å². The smallest absolute Gasteiger partial charge is 0.407 e. The molecule has 0 aliphatic carbocycles.